The van der Waals surface area contributed by atoms with Crippen LogP contribution < -0.4 is 0 Å². The summed E-state index contributed by atoms with van der Waals surface area (Å²) >= 11 is 0. The molecule has 0 spiro atoms. The van der Waals surface area contributed by atoms with Gasteiger partial charge in [0.15, 0.2) is 5.78 Å². The van der Waals surface area contributed by atoms with E-state index >= 15 is 0 Å². The van der Waals surface area contributed by atoms with Crippen LogP contribution in [0.2, 0.25) is 0 Å². The van der Waals surface area contributed by atoms with E-state index in [4.69, 9.17) is 4.74 Å². The van der Waals surface area contributed by atoms with Crippen molar-refractivity contribution in [2.24, 2.45) is 11.3 Å². The van der Waals surface area contributed by atoms with E-state index in [1.54, 1.807) is 0 Å². The molecule has 5 atom stereocenters. The number of fused-ring (bicyclic) bond motifs is 3. The fourth-order valence-electron chi connectivity index (χ4n) is 4.43. The van der Waals surface area contributed by atoms with Crippen LogP contribution in [0.1, 0.15) is 66.7 Å². The van der Waals surface area contributed by atoms with E-state index in [0.29, 0.717) is 11.5 Å². The molecule has 0 aromatic carbocycles. The molecule has 0 radical (unpaired) electrons. The van der Waals surface area contributed by atoms with Gasteiger partial charge in [0.05, 0.1) is 5.60 Å². The van der Waals surface area contributed by atoms with Gasteiger partial charge in [0, 0.05) is 11.0 Å². The Bertz CT molecular complexity index is 586. The molecule has 0 aromatic rings. The molecule has 1 aliphatic heterocycles. The SMILES string of the molecule is CC1=CCC[C@]2(C)O[C@@H]2C(=O)C2=CC[C@@H](C)[C@](C)(CC1)[C@]2(C)O. The van der Waals surface area contributed by atoms with E-state index in [9.17, 15) is 9.90 Å². The van der Waals surface area contributed by atoms with Gasteiger partial charge in [-0.25, -0.2) is 0 Å². The van der Waals surface area contributed by atoms with Gasteiger partial charge in [-0.1, -0.05) is 31.6 Å². The zero-order chi connectivity index (χ0) is 17.0. The zero-order valence-corrected chi connectivity index (χ0v) is 15.1. The van der Waals surface area contributed by atoms with E-state index in [1.165, 1.54) is 5.57 Å². The summed E-state index contributed by atoms with van der Waals surface area (Å²) < 4.78 is 5.78. The third kappa shape index (κ3) is 2.53. The van der Waals surface area contributed by atoms with E-state index in [0.717, 1.165) is 32.1 Å². The number of epoxide rings is 1. The molecule has 1 saturated heterocycles. The molecule has 3 heteroatoms. The first-order valence-electron chi connectivity index (χ1n) is 8.92. The Morgan fingerprint density at radius 1 is 1.22 bits per heavy atom. The Balaban J connectivity index is 2.04. The van der Waals surface area contributed by atoms with Crippen LogP contribution in [0.3, 0.4) is 0 Å². The lowest BCUT2D eigenvalue weighted by Crippen LogP contribution is -2.54. The topological polar surface area (TPSA) is 49.8 Å². The fourth-order valence-corrected chi connectivity index (χ4v) is 4.43. The van der Waals surface area contributed by atoms with Crippen molar-refractivity contribution in [3.05, 3.63) is 23.3 Å². The second-order valence-electron chi connectivity index (χ2n) is 8.51. The highest BCUT2D eigenvalue weighted by molar-refractivity contribution is 6.03. The minimum atomic E-state index is -1.10. The molecule has 3 aliphatic rings. The van der Waals surface area contributed by atoms with Gasteiger partial charge in [-0.15, -0.1) is 0 Å². The van der Waals surface area contributed by atoms with E-state index in [1.807, 2.05) is 19.9 Å². The van der Waals surface area contributed by atoms with Crippen LogP contribution in [0.25, 0.3) is 0 Å². The van der Waals surface area contributed by atoms with Crippen molar-refractivity contribution in [2.45, 2.75) is 84.0 Å². The Morgan fingerprint density at radius 3 is 2.61 bits per heavy atom. The van der Waals surface area contributed by atoms with Gasteiger partial charge in [-0.3, -0.25) is 4.79 Å². The molecule has 2 aliphatic carbocycles. The smallest absolute Gasteiger partial charge is 0.193 e. The molecule has 0 amide bonds. The number of aliphatic hydroxyl groups is 1. The molecular formula is C20H30O3. The largest absolute Gasteiger partial charge is 0.385 e. The summed E-state index contributed by atoms with van der Waals surface area (Å²) in [6.07, 6.45) is 8.39. The summed E-state index contributed by atoms with van der Waals surface area (Å²) in [5.41, 5.74) is 0.191. The molecule has 1 heterocycles. The average molecular weight is 318 g/mol. The van der Waals surface area contributed by atoms with Crippen molar-refractivity contribution in [3.63, 3.8) is 0 Å². The first kappa shape index (κ1) is 16.9. The molecule has 23 heavy (non-hydrogen) atoms. The first-order chi connectivity index (χ1) is 10.6. The van der Waals surface area contributed by atoms with E-state index in [2.05, 4.69) is 26.8 Å². The highest BCUT2D eigenvalue weighted by Gasteiger charge is 2.61. The lowest BCUT2D eigenvalue weighted by atomic mass is 9.56. The summed E-state index contributed by atoms with van der Waals surface area (Å²) in [6.45, 7) is 10.4. The molecule has 1 N–H and O–H groups in total. The summed E-state index contributed by atoms with van der Waals surface area (Å²) in [6, 6.07) is 0. The number of Topliss-reactive ketones (excluding diaryl/α,β-unsaturated/α-hetero) is 1. The Morgan fingerprint density at radius 2 is 1.91 bits per heavy atom. The van der Waals surface area contributed by atoms with Gasteiger partial charge >= 0.3 is 0 Å². The van der Waals surface area contributed by atoms with Crippen LogP contribution in [0.15, 0.2) is 23.3 Å². The van der Waals surface area contributed by atoms with Crippen molar-refractivity contribution >= 4 is 5.78 Å². The highest BCUT2D eigenvalue weighted by Crippen LogP contribution is 2.54. The predicted octanol–water partition coefficient (Wildman–Crippen LogP) is 3.96. The standard InChI is InChI=1S/C20H30O3/c1-13-7-6-11-19(4)17(23-19)16(21)15-9-8-14(2)18(3,12-10-13)20(15,5)22/h7,9,14,17,22H,6,8,10-12H2,1-5H3/t14-,17-,18+,19+,20-/m1/s1. The van der Waals surface area contributed by atoms with Crippen LogP contribution in [0.5, 0.6) is 0 Å². The highest BCUT2D eigenvalue weighted by atomic mass is 16.6. The van der Waals surface area contributed by atoms with Gasteiger partial charge in [0.1, 0.15) is 11.7 Å². The van der Waals surface area contributed by atoms with Gasteiger partial charge < -0.3 is 9.84 Å². The number of hydrogen-bond donors (Lipinski definition) is 1. The van der Waals surface area contributed by atoms with Crippen LogP contribution in [-0.2, 0) is 9.53 Å². The quantitative estimate of drug-likeness (QED) is 0.543. The second-order valence-corrected chi connectivity index (χ2v) is 8.51. The third-order valence-electron chi connectivity index (χ3n) is 6.96. The summed E-state index contributed by atoms with van der Waals surface area (Å²) in [5.74, 6) is 0.341. The zero-order valence-electron chi connectivity index (χ0n) is 15.1. The third-order valence-corrected chi connectivity index (χ3v) is 6.96. The summed E-state index contributed by atoms with van der Waals surface area (Å²) in [4.78, 5) is 13.0. The maximum absolute atomic E-state index is 13.0. The van der Waals surface area contributed by atoms with Crippen molar-refractivity contribution in [3.8, 4) is 0 Å². The van der Waals surface area contributed by atoms with Crippen molar-refractivity contribution in [2.75, 3.05) is 0 Å². The van der Waals surface area contributed by atoms with Gasteiger partial charge in [-0.05, 0) is 58.8 Å². The number of carbonyl (C=O) groups excluding carboxylic acids is 1. The normalized spacial score (nSPS) is 47.7. The predicted molar refractivity (Wildman–Crippen MR) is 91.1 cm³/mol. The number of carbonyl (C=O) groups is 1. The number of hydrogen-bond acceptors (Lipinski definition) is 3. The molecule has 0 unspecified atom stereocenters. The van der Waals surface area contributed by atoms with Crippen LogP contribution >= 0.6 is 0 Å². The second kappa shape index (κ2) is 5.29. The molecule has 2 bridgehead atoms. The molecule has 0 aromatic heterocycles. The summed E-state index contributed by atoms with van der Waals surface area (Å²) in [5, 5.41) is 11.4. The Hall–Kier alpha value is -0.930. The lowest BCUT2D eigenvalue weighted by Gasteiger charge is -2.51. The van der Waals surface area contributed by atoms with Crippen molar-refractivity contribution in [1.29, 1.82) is 0 Å². The first-order valence-corrected chi connectivity index (χ1v) is 8.92. The fraction of sp³-hybridized carbons (Fsp3) is 0.750. The monoisotopic (exact) mass is 318 g/mol. The summed E-state index contributed by atoms with van der Waals surface area (Å²) in [7, 11) is 0. The van der Waals surface area contributed by atoms with E-state index in [-0.39, 0.29) is 22.9 Å². The Labute approximate surface area is 139 Å². The van der Waals surface area contributed by atoms with E-state index < -0.39 is 5.60 Å². The van der Waals surface area contributed by atoms with Gasteiger partial charge in [0.25, 0.3) is 0 Å². The minimum absolute atomic E-state index is 0.00287. The average Bonchev–Trinajstić information content (AvgIpc) is 3.14. The van der Waals surface area contributed by atoms with Gasteiger partial charge in [-0.2, -0.15) is 0 Å². The number of ketones is 1. The molecule has 1 fully saturated rings. The Kier molecular flexibility index (Phi) is 3.89. The molecule has 3 rings (SSSR count). The molecular weight excluding hydrogens is 288 g/mol. The molecule has 128 valence electrons. The molecule has 3 nitrogen and oxygen atoms in total. The maximum atomic E-state index is 13.0. The number of allylic oxidation sites excluding steroid dienone is 3. The van der Waals surface area contributed by atoms with Crippen molar-refractivity contribution in [1.82, 2.24) is 0 Å². The van der Waals surface area contributed by atoms with Crippen LogP contribution in [-0.4, -0.2) is 28.2 Å². The van der Waals surface area contributed by atoms with Crippen molar-refractivity contribution < 1.29 is 14.6 Å². The van der Waals surface area contributed by atoms with Crippen LogP contribution in [0.4, 0.5) is 0 Å². The van der Waals surface area contributed by atoms with Crippen LogP contribution in [0, 0.1) is 11.3 Å². The van der Waals surface area contributed by atoms with Gasteiger partial charge in [0.2, 0.25) is 0 Å². The minimum Gasteiger partial charge on any atom is -0.385 e. The molecule has 0 saturated carbocycles. The maximum Gasteiger partial charge on any atom is 0.193 e. The number of ether oxygens (including phenoxy) is 1. The number of rotatable bonds is 0. The lowest BCUT2D eigenvalue weighted by molar-refractivity contribution is -0.125.